The molecule has 6 bridgehead atoms. The van der Waals surface area contributed by atoms with Crippen LogP contribution < -0.4 is 28.4 Å². The second kappa shape index (κ2) is 13.2. The Labute approximate surface area is 291 Å². The molecule has 8 nitrogen and oxygen atoms in total. The second-order valence-electron chi connectivity index (χ2n) is 13.0. The second-order valence-corrected chi connectivity index (χ2v) is 13.8. The Morgan fingerprint density at radius 3 is 2.08 bits per heavy atom. The number of likely N-dealkylation sites (N-methyl/N-ethyl adjacent to an activating group) is 2. The Bertz CT molecular complexity index is 1860. The molecule has 0 fully saturated rings. The average Bonchev–Trinajstić information content (AvgIpc) is 3.09. The van der Waals surface area contributed by atoms with Crippen molar-refractivity contribution >= 4 is 15.9 Å². The third-order valence-electron chi connectivity index (χ3n) is 10.3. The molecule has 0 radical (unpaired) electrons. The molecule has 0 unspecified atom stereocenters. The first-order valence-corrected chi connectivity index (χ1v) is 17.2. The molecule has 4 aromatic carbocycles. The smallest absolute Gasteiger partial charge is 0.205 e. The van der Waals surface area contributed by atoms with Crippen LogP contribution >= 0.6 is 15.9 Å². The molecule has 0 N–H and O–H groups in total. The van der Waals surface area contributed by atoms with Crippen molar-refractivity contribution in [3.05, 3.63) is 91.9 Å². The maximum Gasteiger partial charge on any atom is 0.205 e. The van der Waals surface area contributed by atoms with Gasteiger partial charge in [0.05, 0.1) is 32.9 Å². The molecule has 4 aliphatic rings. The lowest BCUT2D eigenvalue weighted by Gasteiger charge is -2.38. The standard InChI is InChI=1S/C39H43BrN2O6/c1-22-16-31(43-4)33-20-25(22)18-30-35-27(13-15-42(30)3)36(40)38(45-6)39(46-7)37(35)48-34-21-28-24(19-32(34)44-5)12-14-41(2)29(28)17-23-8-10-26(47-33)11-9-23/h8-11,16,19-21,29-30H,12-15,17-18H2,1-7H3/t29-,30-/m0/s1. The number of hydrogen-bond acceptors (Lipinski definition) is 8. The third-order valence-corrected chi connectivity index (χ3v) is 11.2. The number of benzene rings is 4. The molecule has 0 aromatic heterocycles. The van der Waals surface area contributed by atoms with Gasteiger partial charge in [-0.05, 0) is 132 Å². The zero-order chi connectivity index (χ0) is 33.7. The van der Waals surface area contributed by atoms with Crippen molar-refractivity contribution in [2.45, 2.75) is 44.7 Å². The summed E-state index contributed by atoms with van der Waals surface area (Å²) in [6.07, 6.45) is 3.30. The van der Waals surface area contributed by atoms with Crippen molar-refractivity contribution < 1.29 is 28.4 Å². The van der Waals surface area contributed by atoms with Crippen LogP contribution in [0.1, 0.15) is 51.0 Å². The molecule has 0 spiro atoms. The van der Waals surface area contributed by atoms with Gasteiger partial charge in [0.2, 0.25) is 5.75 Å². The highest BCUT2D eigenvalue weighted by atomic mass is 79.9. The maximum atomic E-state index is 7.09. The minimum Gasteiger partial charge on any atom is -0.493 e. The number of nitrogens with zero attached hydrogens (tertiary/aromatic N) is 2. The van der Waals surface area contributed by atoms with Crippen molar-refractivity contribution in [3.8, 4) is 46.0 Å². The number of halogens is 1. The van der Waals surface area contributed by atoms with Gasteiger partial charge in [-0.25, -0.2) is 0 Å². The average molecular weight is 716 g/mol. The summed E-state index contributed by atoms with van der Waals surface area (Å²) in [6, 6.07) is 17.1. The fraction of sp³-hybridized carbons (Fsp3) is 0.385. The topological polar surface area (TPSA) is 61.9 Å². The highest BCUT2D eigenvalue weighted by Crippen LogP contribution is 2.55. The van der Waals surface area contributed by atoms with E-state index < -0.39 is 0 Å². The van der Waals surface area contributed by atoms with E-state index >= 15 is 0 Å². The molecular formula is C39H43BrN2O6. The lowest BCUT2D eigenvalue weighted by Crippen LogP contribution is -2.34. The summed E-state index contributed by atoms with van der Waals surface area (Å²) in [5.74, 6) is 5.31. The number of ether oxygens (including phenoxy) is 6. The maximum absolute atomic E-state index is 7.09. The van der Waals surface area contributed by atoms with Crippen LogP contribution in [0.5, 0.6) is 46.0 Å². The molecule has 8 rings (SSSR count). The number of methoxy groups -OCH3 is 4. The molecule has 9 heteroatoms. The van der Waals surface area contributed by atoms with Gasteiger partial charge >= 0.3 is 0 Å². The quantitative estimate of drug-likeness (QED) is 0.210. The van der Waals surface area contributed by atoms with E-state index in [4.69, 9.17) is 28.4 Å². The normalized spacial score (nSPS) is 18.9. The van der Waals surface area contributed by atoms with Crippen molar-refractivity contribution in [1.29, 1.82) is 0 Å². The fourth-order valence-electron chi connectivity index (χ4n) is 7.57. The van der Waals surface area contributed by atoms with Gasteiger partial charge in [0.1, 0.15) is 5.75 Å². The summed E-state index contributed by atoms with van der Waals surface area (Å²) in [5.41, 5.74) is 8.23. The Kier molecular flexibility index (Phi) is 8.96. The lowest BCUT2D eigenvalue weighted by atomic mass is 9.86. The van der Waals surface area contributed by atoms with E-state index in [-0.39, 0.29) is 12.1 Å². The van der Waals surface area contributed by atoms with Crippen LogP contribution in [0.3, 0.4) is 0 Å². The van der Waals surface area contributed by atoms with Gasteiger partial charge in [0, 0.05) is 30.7 Å². The Balaban J connectivity index is 1.50. The van der Waals surface area contributed by atoms with Crippen molar-refractivity contribution in [1.82, 2.24) is 9.80 Å². The number of aryl methyl sites for hydroxylation is 1. The molecule has 0 saturated carbocycles. The predicted octanol–water partition coefficient (Wildman–Crippen LogP) is 8.23. The van der Waals surface area contributed by atoms with Gasteiger partial charge in [-0.3, -0.25) is 9.80 Å². The number of fused-ring (bicyclic) bond motifs is 2. The molecule has 4 aromatic rings. The first kappa shape index (κ1) is 32.6. The molecule has 0 amide bonds. The van der Waals surface area contributed by atoms with Crippen LogP contribution in [0.2, 0.25) is 0 Å². The molecule has 4 heterocycles. The fourth-order valence-corrected chi connectivity index (χ4v) is 8.32. The number of rotatable bonds is 4. The first-order valence-electron chi connectivity index (χ1n) is 16.4. The number of hydrogen-bond donors (Lipinski definition) is 0. The Morgan fingerprint density at radius 1 is 0.708 bits per heavy atom. The minimum absolute atomic E-state index is 0.0412. The lowest BCUT2D eigenvalue weighted by molar-refractivity contribution is 0.219. The Hall–Kier alpha value is -3.92. The molecule has 48 heavy (non-hydrogen) atoms. The zero-order valence-electron chi connectivity index (χ0n) is 28.7. The van der Waals surface area contributed by atoms with Crippen molar-refractivity contribution in [3.63, 3.8) is 0 Å². The molecule has 2 atom stereocenters. The molecule has 0 aliphatic carbocycles. The largest absolute Gasteiger partial charge is 0.493 e. The van der Waals surface area contributed by atoms with Gasteiger partial charge in [-0.1, -0.05) is 12.1 Å². The summed E-state index contributed by atoms with van der Waals surface area (Å²) < 4.78 is 38.4. The third kappa shape index (κ3) is 5.65. The van der Waals surface area contributed by atoms with Crippen LogP contribution in [-0.4, -0.2) is 65.4 Å². The summed E-state index contributed by atoms with van der Waals surface area (Å²) >= 11 is 3.91. The van der Waals surface area contributed by atoms with E-state index in [1.54, 1.807) is 28.4 Å². The van der Waals surface area contributed by atoms with Crippen molar-refractivity contribution in [2.75, 3.05) is 55.6 Å². The minimum atomic E-state index is -0.0412. The van der Waals surface area contributed by atoms with Gasteiger partial charge < -0.3 is 28.4 Å². The van der Waals surface area contributed by atoms with Gasteiger partial charge in [0.15, 0.2) is 34.5 Å². The van der Waals surface area contributed by atoms with Crippen LogP contribution in [0.25, 0.3) is 0 Å². The molecule has 4 aliphatic heterocycles. The Morgan fingerprint density at radius 2 is 1.38 bits per heavy atom. The van der Waals surface area contributed by atoms with Crippen LogP contribution in [-0.2, 0) is 25.7 Å². The monoisotopic (exact) mass is 714 g/mol. The highest BCUT2D eigenvalue weighted by Gasteiger charge is 2.37. The van der Waals surface area contributed by atoms with Crippen LogP contribution in [0.4, 0.5) is 0 Å². The van der Waals surface area contributed by atoms with Gasteiger partial charge in [-0.15, -0.1) is 0 Å². The van der Waals surface area contributed by atoms with E-state index in [9.17, 15) is 0 Å². The van der Waals surface area contributed by atoms with E-state index in [0.29, 0.717) is 46.7 Å². The summed E-state index contributed by atoms with van der Waals surface area (Å²) in [5, 5.41) is 0. The van der Waals surface area contributed by atoms with Gasteiger partial charge in [-0.2, -0.15) is 0 Å². The molecular weight excluding hydrogens is 672 g/mol. The highest BCUT2D eigenvalue weighted by molar-refractivity contribution is 9.10. The van der Waals surface area contributed by atoms with E-state index in [1.807, 2.05) is 0 Å². The summed E-state index contributed by atoms with van der Waals surface area (Å²) in [4.78, 5) is 4.82. The van der Waals surface area contributed by atoms with E-state index in [1.165, 1.54) is 16.7 Å². The first-order chi connectivity index (χ1) is 23.2. The zero-order valence-corrected chi connectivity index (χ0v) is 30.3. The summed E-state index contributed by atoms with van der Waals surface area (Å²) in [6.45, 7) is 3.95. The summed E-state index contributed by atoms with van der Waals surface area (Å²) in [7, 11) is 11.1. The SMILES string of the molecule is COc1cc(C)c2cc1Oc1ccc(cc1)C[C@H]1c3cc(c(OC)cc3CCN1C)Oc1c(OC)c(OC)c(Br)c3c1[C@H](C2)N(C)CC3. The van der Waals surface area contributed by atoms with Crippen LogP contribution in [0, 0.1) is 6.92 Å². The van der Waals surface area contributed by atoms with E-state index in [2.05, 4.69) is 95.3 Å². The van der Waals surface area contributed by atoms with Gasteiger partial charge in [0.25, 0.3) is 0 Å². The van der Waals surface area contributed by atoms with Crippen molar-refractivity contribution in [2.24, 2.45) is 0 Å². The predicted molar refractivity (Wildman–Crippen MR) is 190 cm³/mol. The molecule has 0 saturated heterocycles. The molecule has 252 valence electrons. The van der Waals surface area contributed by atoms with Crippen LogP contribution in [0.15, 0.2) is 53.0 Å². The van der Waals surface area contributed by atoms with E-state index in [0.717, 1.165) is 64.8 Å².